The van der Waals surface area contributed by atoms with Crippen LogP contribution in [0.2, 0.25) is 5.02 Å². The number of nitrogens with one attached hydrogen (secondary N) is 1. The smallest absolute Gasteiger partial charge is 0.146 e. The van der Waals surface area contributed by atoms with Crippen molar-refractivity contribution in [3.8, 4) is 11.3 Å². The van der Waals surface area contributed by atoms with E-state index in [9.17, 15) is 0 Å². The Kier molecular flexibility index (Phi) is 4.92. The van der Waals surface area contributed by atoms with E-state index in [1.54, 1.807) is 0 Å². The fourth-order valence-electron chi connectivity index (χ4n) is 3.52. The molecule has 0 aliphatic rings. The van der Waals surface area contributed by atoms with Crippen molar-refractivity contribution in [3.63, 3.8) is 0 Å². The Hall–Kier alpha value is -3.63. The molecule has 0 fully saturated rings. The normalized spacial score (nSPS) is 11.9. The van der Waals surface area contributed by atoms with Crippen molar-refractivity contribution >= 4 is 39.3 Å². The van der Waals surface area contributed by atoms with Gasteiger partial charge in [-0.15, -0.1) is 0 Å². The summed E-state index contributed by atoms with van der Waals surface area (Å²) in [6.07, 6.45) is 0. The van der Waals surface area contributed by atoms with Crippen molar-refractivity contribution in [1.82, 2.24) is 4.98 Å². The topological polar surface area (TPSA) is 50.4 Å². The van der Waals surface area contributed by atoms with Gasteiger partial charge in [0, 0.05) is 27.4 Å². The number of anilines is 1. The van der Waals surface area contributed by atoms with Crippen LogP contribution < -0.4 is 10.8 Å². The maximum absolute atomic E-state index is 6.23. The van der Waals surface area contributed by atoms with Gasteiger partial charge in [-0.3, -0.25) is 5.43 Å². The molecule has 0 saturated heterocycles. The van der Waals surface area contributed by atoms with Crippen LogP contribution >= 0.6 is 11.6 Å². The van der Waals surface area contributed by atoms with Crippen LogP contribution in [0.4, 0.5) is 5.82 Å². The largest absolute Gasteiger partial charge is 0.456 e. The first kappa shape index (κ1) is 19.3. The SMILES string of the molecule is Cc1cc2oc(-c3ccc(Cl)cc3)c/c(=N\Nc3ccc4ccccc4n3)c2cc1C. The molecule has 0 amide bonds. The van der Waals surface area contributed by atoms with Crippen molar-refractivity contribution in [2.75, 3.05) is 5.43 Å². The first-order valence-electron chi connectivity index (χ1n) is 10.0. The second-order valence-corrected chi connectivity index (χ2v) is 7.98. The van der Waals surface area contributed by atoms with Crippen LogP contribution in [-0.4, -0.2) is 4.98 Å². The minimum Gasteiger partial charge on any atom is -0.456 e. The van der Waals surface area contributed by atoms with E-state index in [1.165, 1.54) is 11.1 Å². The van der Waals surface area contributed by atoms with Crippen LogP contribution in [0.3, 0.4) is 0 Å². The number of halogens is 1. The zero-order valence-electron chi connectivity index (χ0n) is 17.2. The van der Waals surface area contributed by atoms with E-state index in [0.29, 0.717) is 10.8 Å². The second kappa shape index (κ2) is 7.89. The summed E-state index contributed by atoms with van der Waals surface area (Å²) in [6, 6.07) is 25.7. The number of aromatic nitrogens is 1. The lowest BCUT2D eigenvalue weighted by atomic mass is 10.1. The van der Waals surface area contributed by atoms with Crippen molar-refractivity contribution in [3.05, 3.63) is 100 Å². The van der Waals surface area contributed by atoms with Crippen molar-refractivity contribution < 1.29 is 4.42 Å². The number of fused-ring (bicyclic) bond motifs is 2. The highest BCUT2D eigenvalue weighted by Gasteiger charge is 2.08. The minimum absolute atomic E-state index is 0.685. The molecule has 5 aromatic rings. The predicted molar refractivity (Wildman–Crippen MR) is 127 cm³/mol. The fraction of sp³-hybridized carbons (Fsp3) is 0.0769. The molecule has 0 saturated carbocycles. The third kappa shape index (κ3) is 3.90. The van der Waals surface area contributed by atoms with E-state index >= 15 is 0 Å². The average molecular weight is 426 g/mol. The van der Waals surface area contributed by atoms with Crippen molar-refractivity contribution in [2.45, 2.75) is 13.8 Å². The quantitative estimate of drug-likeness (QED) is 0.322. The third-order valence-electron chi connectivity index (χ3n) is 5.38. The van der Waals surface area contributed by atoms with E-state index in [4.69, 9.17) is 16.0 Å². The predicted octanol–water partition coefficient (Wildman–Crippen LogP) is 6.85. The Morgan fingerprint density at radius 2 is 1.65 bits per heavy atom. The zero-order chi connectivity index (χ0) is 21.4. The van der Waals surface area contributed by atoms with Crippen LogP contribution in [0.1, 0.15) is 11.1 Å². The molecule has 1 N–H and O–H groups in total. The summed E-state index contributed by atoms with van der Waals surface area (Å²) >= 11 is 6.06. The number of pyridine rings is 1. The molecular weight excluding hydrogens is 406 g/mol. The molecule has 5 rings (SSSR count). The lowest BCUT2D eigenvalue weighted by molar-refractivity contribution is 0.618. The van der Waals surface area contributed by atoms with E-state index in [-0.39, 0.29) is 0 Å². The molecule has 0 aliphatic heterocycles. The number of nitrogens with zero attached hydrogens (tertiary/aromatic N) is 2. The molecule has 0 bridgehead atoms. The summed E-state index contributed by atoms with van der Waals surface area (Å²) in [4.78, 5) is 4.65. The van der Waals surface area contributed by atoms with Crippen LogP contribution in [0.25, 0.3) is 33.2 Å². The van der Waals surface area contributed by atoms with Crippen molar-refractivity contribution in [1.29, 1.82) is 0 Å². The monoisotopic (exact) mass is 425 g/mol. The maximum atomic E-state index is 6.23. The Balaban J connectivity index is 1.65. The number of hydrogen-bond acceptors (Lipinski definition) is 4. The number of aryl methyl sites for hydroxylation is 2. The highest BCUT2D eigenvalue weighted by atomic mass is 35.5. The number of para-hydroxylation sites is 1. The van der Waals surface area contributed by atoms with Gasteiger partial charge in [-0.2, -0.15) is 5.10 Å². The third-order valence-corrected chi connectivity index (χ3v) is 5.63. The van der Waals surface area contributed by atoms with E-state index in [1.807, 2.05) is 66.7 Å². The number of hydrogen-bond donors (Lipinski definition) is 1. The van der Waals surface area contributed by atoms with Crippen molar-refractivity contribution in [2.24, 2.45) is 5.10 Å². The summed E-state index contributed by atoms with van der Waals surface area (Å²) in [7, 11) is 0. The van der Waals surface area contributed by atoms with Gasteiger partial charge in [0.1, 0.15) is 17.2 Å². The Bertz CT molecular complexity index is 1490. The van der Waals surface area contributed by atoms with Gasteiger partial charge >= 0.3 is 0 Å². The molecule has 0 unspecified atom stereocenters. The molecule has 2 heterocycles. The van der Waals surface area contributed by atoms with E-state index in [2.05, 4.69) is 41.5 Å². The standard InChI is InChI=1S/C26H20ClN3O/c1-16-13-21-23(29-30-26-12-9-18-5-3-4-6-22(18)28-26)15-24(31-25(21)14-17(16)2)19-7-10-20(27)11-8-19/h3-15H,1-2H3,(H,28,30)/b29-23+. The number of benzene rings is 3. The summed E-state index contributed by atoms with van der Waals surface area (Å²) in [5.74, 6) is 1.41. The zero-order valence-corrected chi connectivity index (χ0v) is 17.9. The lowest BCUT2D eigenvalue weighted by Crippen LogP contribution is -2.08. The summed E-state index contributed by atoms with van der Waals surface area (Å²) < 4.78 is 6.23. The first-order valence-corrected chi connectivity index (χ1v) is 10.4. The van der Waals surface area contributed by atoms with Crippen LogP contribution in [0, 0.1) is 13.8 Å². The molecule has 3 aromatic carbocycles. The minimum atomic E-state index is 0.685. The van der Waals surface area contributed by atoms with Gasteiger partial charge in [-0.25, -0.2) is 4.98 Å². The van der Waals surface area contributed by atoms with Gasteiger partial charge in [0.25, 0.3) is 0 Å². The molecular formula is C26H20ClN3O. The van der Waals surface area contributed by atoms with Gasteiger partial charge < -0.3 is 4.42 Å². The molecule has 0 aliphatic carbocycles. The molecule has 31 heavy (non-hydrogen) atoms. The van der Waals surface area contributed by atoms with E-state index in [0.717, 1.165) is 38.6 Å². The van der Waals surface area contributed by atoms with Gasteiger partial charge in [0.2, 0.25) is 0 Å². The van der Waals surface area contributed by atoms with Gasteiger partial charge in [-0.1, -0.05) is 29.8 Å². The first-order chi connectivity index (χ1) is 15.1. The summed E-state index contributed by atoms with van der Waals surface area (Å²) in [5, 5.41) is 8.18. The molecule has 2 aromatic heterocycles. The molecule has 0 atom stereocenters. The van der Waals surface area contributed by atoms with Crippen LogP contribution in [0.15, 0.2) is 88.4 Å². The lowest BCUT2D eigenvalue weighted by Gasteiger charge is -2.08. The van der Waals surface area contributed by atoms with Crippen LogP contribution in [-0.2, 0) is 0 Å². The molecule has 152 valence electrons. The number of rotatable bonds is 3. The molecule has 4 nitrogen and oxygen atoms in total. The summed E-state index contributed by atoms with van der Waals surface area (Å²) in [5.41, 5.74) is 8.10. The molecule has 5 heteroatoms. The fourth-order valence-corrected chi connectivity index (χ4v) is 3.64. The molecule has 0 spiro atoms. The van der Waals surface area contributed by atoms with Crippen LogP contribution in [0.5, 0.6) is 0 Å². The Labute approximate surface area is 184 Å². The highest BCUT2D eigenvalue weighted by Crippen LogP contribution is 2.25. The van der Waals surface area contributed by atoms with E-state index < -0.39 is 0 Å². The van der Waals surface area contributed by atoms with Gasteiger partial charge in [0.05, 0.1) is 10.9 Å². The molecule has 0 radical (unpaired) electrons. The average Bonchev–Trinajstić information content (AvgIpc) is 2.78. The highest BCUT2D eigenvalue weighted by molar-refractivity contribution is 6.30. The second-order valence-electron chi connectivity index (χ2n) is 7.55. The Morgan fingerprint density at radius 3 is 2.48 bits per heavy atom. The van der Waals surface area contributed by atoms with Gasteiger partial charge in [0.15, 0.2) is 0 Å². The van der Waals surface area contributed by atoms with Gasteiger partial charge in [-0.05, 0) is 79.6 Å². The summed E-state index contributed by atoms with van der Waals surface area (Å²) in [6.45, 7) is 4.16. The Morgan fingerprint density at radius 1 is 0.871 bits per heavy atom. The maximum Gasteiger partial charge on any atom is 0.146 e.